The van der Waals surface area contributed by atoms with Gasteiger partial charge in [0.1, 0.15) is 6.10 Å². The highest BCUT2D eigenvalue weighted by Crippen LogP contribution is 2.78. The summed E-state index contributed by atoms with van der Waals surface area (Å²) in [6.07, 6.45) is 1.28. The van der Waals surface area contributed by atoms with Gasteiger partial charge >= 0.3 is 11.9 Å². The summed E-state index contributed by atoms with van der Waals surface area (Å²) in [5, 5.41) is 23.7. The number of hydrogen-bond acceptors (Lipinski definition) is 7. The average Bonchev–Trinajstić information content (AvgIpc) is 2.86. The van der Waals surface area contributed by atoms with Crippen molar-refractivity contribution < 1.29 is 34.0 Å². The normalized spacial score (nSPS) is 51.6. The van der Waals surface area contributed by atoms with Gasteiger partial charge in [-0.3, -0.25) is 9.59 Å². The van der Waals surface area contributed by atoms with Gasteiger partial charge in [-0.15, -0.1) is 0 Å². The third-order valence-corrected chi connectivity index (χ3v) is 9.59. The largest absolute Gasteiger partial charge is 0.462 e. The Balaban J connectivity index is 1.77. The van der Waals surface area contributed by atoms with Gasteiger partial charge in [-0.2, -0.15) is 0 Å². The zero-order valence-electron chi connectivity index (χ0n) is 18.8. The Morgan fingerprint density at radius 1 is 1.13 bits per heavy atom. The van der Waals surface area contributed by atoms with Gasteiger partial charge in [-0.05, 0) is 54.9 Å². The van der Waals surface area contributed by atoms with Gasteiger partial charge in [-0.1, -0.05) is 20.4 Å². The number of hydrogen-bond donors (Lipinski definition) is 2. The van der Waals surface area contributed by atoms with Crippen LogP contribution in [0.3, 0.4) is 0 Å². The van der Waals surface area contributed by atoms with Gasteiger partial charge in [0.15, 0.2) is 6.10 Å². The molecule has 4 aliphatic carbocycles. The lowest BCUT2D eigenvalue weighted by Crippen LogP contribution is -2.84. The van der Waals surface area contributed by atoms with Gasteiger partial charge < -0.3 is 24.4 Å². The molecule has 6 fully saturated rings. The molecular formula is C24H34O7. The Morgan fingerprint density at radius 3 is 2.45 bits per heavy atom. The Labute approximate surface area is 183 Å². The van der Waals surface area contributed by atoms with E-state index in [0.717, 1.165) is 24.8 Å². The molecule has 0 amide bonds. The molecule has 31 heavy (non-hydrogen) atoms. The second kappa shape index (κ2) is 6.33. The van der Waals surface area contributed by atoms with Crippen LogP contribution in [0.1, 0.15) is 59.8 Å². The molecule has 6 aliphatic rings. The van der Waals surface area contributed by atoms with Crippen molar-refractivity contribution in [2.24, 2.45) is 34.0 Å². The molecule has 0 aromatic rings. The first kappa shape index (κ1) is 21.4. The van der Waals surface area contributed by atoms with Crippen molar-refractivity contribution in [1.82, 2.24) is 0 Å². The standard InChI is InChI=1S/C24H34O7/c1-12-15-6-7-16-22-11-29-24(28,23(16,10-15)19(12)27)20(31-14(3)26)18(22)21(4,5)9-8-17(22)30-13(2)25/h15-20,27-28H,1,6-11H2,2-5H3/t15-,16+,17-,18-,19-,20+,22-,23+,24-/m1/s1. The van der Waals surface area contributed by atoms with E-state index >= 15 is 0 Å². The van der Waals surface area contributed by atoms with Crippen molar-refractivity contribution >= 4 is 11.9 Å². The van der Waals surface area contributed by atoms with Crippen molar-refractivity contribution in [3.63, 3.8) is 0 Å². The van der Waals surface area contributed by atoms with Crippen LogP contribution in [0.4, 0.5) is 0 Å². The average molecular weight is 435 g/mol. The van der Waals surface area contributed by atoms with Crippen LogP contribution in [0.15, 0.2) is 12.2 Å². The monoisotopic (exact) mass is 434 g/mol. The first-order chi connectivity index (χ1) is 14.4. The maximum atomic E-state index is 12.2. The Bertz CT molecular complexity index is 851. The molecule has 2 saturated heterocycles. The molecule has 0 unspecified atom stereocenters. The van der Waals surface area contributed by atoms with Crippen LogP contribution < -0.4 is 0 Å². The number of aliphatic hydroxyl groups is 2. The number of rotatable bonds is 2. The molecule has 4 bridgehead atoms. The molecule has 9 atom stereocenters. The zero-order chi connectivity index (χ0) is 22.6. The fourth-order valence-electron chi connectivity index (χ4n) is 8.70. The SMILES string of the molecule is C=C1[C@@H]2CC[C@H]3[C@@]45CO[C@](O)([C@@H](OC(C)=O)[C@@H]4C(C)(C)CC[C@H]5OC(C)=O)[C@]3(C2)[C@@H]1O. The fraction of sp³-hybridized carbons (Fsp3) is 0.833. The van der Waals surface area contributed by atoms with E-state index < -0.39 is 40.9 Å². The van der Waals surface area contributed by atoms with Gasteiger partial charge in [-0.25, -0.2) is 0 Å². The molecule has 2 N–H and O–H groups in total. The summed E-state index contributed by atoms with van der Waals surface area (Å²) in [6, 6.07) is 0. The molecule has 172 valence electrons. The van der Waals surface area contributed by atoms with Crippen LogP contribution in [0.2, 0.25) is 0 Å². The first-order valence-corrected chi connectivity index (χ1v) is 11.5. The van der Waals surface area contributed by atoms with Gasteiger partial charge in [0.25, 0.3) is 0 Å². The number of carbonyl (C=O) groups is 2. The lowest BCUT2D eigenvalue weighted by Gasteiger charge is -2.75. The number of carbonyl (C=O) groups excluding carboxylic acids is 2. The topological polar surface area (TPSA) is 102 Å². The number of fused-ring (bicyclic) bond motifs is 2. The predicted molar refractivity (Wildman–Crippen MR) is 109 cm³/mol. The van der Waals surface area contributed by atoms with Gasteiger partial charge in [0.2, 0.25) is 5.79 Å². The summed E-state index contributed by atoms with van der Waals surface area (Å²) >= 11 is 0. The summed E-state index contributed by atoms with van der Waals surface area (Å²) in [4.78, 5) is 24.3. The molecule has 7 nitrogen and oxygen atoms in total. The molecule has 0 radical (unpaired) electrons. The number of aliphatic hydroxyl groups excluding tert-OH is 1. The second-order valence-electron chi connectivity index (χ2n) is 11.3. The third kappa shape index (κ3) is 2.35. The molecule has 6 rings (SSSR count). The lowest BCUT2D eigenvalue weighted by molar-refractivity contribution is -0.465. The molecule has 4 saturated carbocycles. The predicted octanol–water partition coefficient (Wildman–Crippen LogP) is 2.34. The summed E-state index contributed by atoms with van der Waals surface area (Å²) < 4.78 is 18.0. The van der Waals surface area contributed by atoms with E-state index in [9.17, 15) is 19.8 Å². The van der Waals surface area contributed by atoms with Crippen LogP contribution in [-0.2, 0) is 23.8 Å². The van der Waals surface area contributed by atoms with Gasteiger partial charge in [0, 0.05) is 25.2 Å². The van der Waals surface area contributed by atoms with Crippen molar-refractivity contribution in [1.29, 1.82) is 0 Å². The minimum absolute atomic E-state index is 0.0924. The van der Waals surface area contributed by atoms with E-state index in [0.29, 0.717) is 12.8 Å². The van der Waals surface area contributed by atoms with E-state index in [4.69, 9.17) is 14.2 Å². The maximum absolute atomic E-state index is 12.2. The van der Waals surface area contributed by atoms with Crippen LogP contribution in [0, 0.1) is 34.0 Å². The van der Waals surface area contributed by atoms with Crippen LogP contribution in [-0.4, -0.2) is 52.9 Å². The lowest BCUT2D eigenvalue weighted by atomic mass is 9.36. The molecule has 0 aromatic heterocycles. The Kier molecular flexibility index (Phi) is 4.37. The van der Waals surface area contributed by atoms with E-state index in [-0.39, 0.29) is 35.7 Å². The fourth-order valence-corrected chi connectivity index (χ4v) is 8.70. The maximum Gasteiger partial charge on any atom is 0.303 e. The quantitative estimate of drug-likeness (QED) is 0.508. The molecule has 2 spiro atoms. The van der Waals surface area contributed by atoms with Crippen LogP contribution in [0.25, 0.3) is 0 Å². The summed E-state index contributed by atoms with van der Waals surface area (Å²) in [5.41, 5.74) is -1.25. The first-order valence-electron chi connectivity index (χ1n) is 11.5. The van der Waals surface area contributed by atoms with E-state index in [1.165, 1.54) is 13.8 Å². The van der Waals surface area contributed by atoms with Crippen molar-refractivity contribution in [3.05, 3.63) is 12.2 Å². The highest BCUT2D eigenvalue weighted by Gasteiger charge is 2.85. The van der Waals surface area contributed by atoms with E-state index in [1.54, 1.807) is 0 Å². The van der Waals surface area contributed by atoms with Crippen LogP contribution in [0.5, 0.6) is 0 Å². The molecule has 2 heterocycles. The second-order valence-corrected chi connectivity index (χ2v) is 11.3. The molecular weight excluding hydrogens is 400 g/mol. The summed E-state index contributed by atoms with van der Waals surface area (Å²) in [7, 11) is 0. The van der Waals surface area contributed by atoms with E-state index in [1.807, 2.05) is 0 Å². The highest BCUT2D eigenvalue weighted by atomic mass is 16.7. The third-order valence-electron chi connectivity index (χ3n) is 9.59. The minimum atomic E-state index is -1.82. The van der Waals surface area contributed by atoms with E-state index in [2.05, 4.69) is 20.4 Å². The van der Waals surface area contributed by atoms with Crippen molar-refractivity contribution in [2.45, 2.75) is 83.9 Å². The number of ether oxygens (including phenoxy) is 3. The van der Waals surface area contributed by atoms with Crippen LogP contribution >= 0.6 is 0 Å². The smallest absolute Gasteiger partial charge is 0.303 e. The Morgan fingerprint density at radius 2 is 1.81 bits per heavy atom. The minimum Gasteiger partial charge on any atom is -0.462 e. The molecule has 7 heteroatoms. The molecule has 0 aromatic carbocycles. The summed E-state index contributed by atoms with van der Waals surface area (Å²) in [5.74, 6) is -2.98. The highest BCUT2D eigenvalue weighted by molar-refractivity contribution is 5.67. The zero-order valence-corrected chi connectivity index (χ0v) is 18.8. The number of esters is 2. The van der Waals surface area contributed by atoms with Gasteiger partial charge in [0.05, 0.1) is 18.1 Å². The molecule has 2 aliphatic heterocycles. The van der Waals surface area contributed by atoms with Crippen molar-refractivity contribution in [3.8, 4) is 0 Å². The summed E-state index contributed by atoms with van der Waals surface area (Å²) in [6.45, 7) is 11.4. The Hall–Kier alpha value is -1.44. The van der Waals surface area contributed by atoms with Crippen molar-refractivity contribution in [2.75, 3.05) is 6.61 Å².